The molecular weight excluding hydrogens is 524 g/mol. The SMILES string of the molecule is C=CCCCCOC(=O)[C@H]1[C@H]2C(=O)N([C@@H](CO)[C@@H](C)CC)C(C(=O)N(CC=C)C3CCCCC3)C23CC[C@]1(C)S3. The number of esters is 1. The van der Waals surface area contributed by atoms with E-state index in [2.05, 4.69) is 20.1 Å². The van der Waals surface area contributed by atoms with Crippen LogP contribution < -0.4 is 0 Å². The van der Waals surface area contributed by atoms with Gasteiger partial charge in [-0.25, -0.2) is 0 Å². The number of hydrogen-bond acceptors (Lipinski definition) is 6. The van der Waals surface area contributed by atoms with Gasteiger partial charge in [0.2, 0.25) is 11.8 Å². The summed E-state index contributed by atoms with van der Waals surface area (Å²) in [5.41, 5.74) is 0. The molecular formula is C32H50N2O5S. The van der Waals surface area contributed by atoms with E-state index in [1.807, 2.05) is 24.8 Å². The molecule has 0 radical (unpaired) electrons. The highest BCUT2D eigenvalue weighted by molar-refractivity contribution is 8.02. The van der Waals surface area contributed by atoms with Crippen molar-refractivity contribution in [1.82, 2.24) is 9.80 Å². The second-order valence-electron chi connectivity index (χ2n) is 12.6. The summed E-state index contributed by atoms with van der Waals surface area (Å²) in [4.78, 5) is 46.6. The second kappa shape index (κ2) is 13.0. The van der Waals surface area contributed by atoms with Crippen LogP contribution in [-0.4, -0.2) is 80.1 Å². The minimum Gasteiger partial charge on any atom is -0.465 e. The van der Waals surface area contributed by atoms with E-state index in [0.717, 1.165) is 57.8 Å². The number of carbonyl (C=O) groups is 3. The van der Waals surface area contributed by atoms with Gasteiger partial charge in [-0.1, -0.05) is 51.7 Å². The number of thioether (sulfide) groups is 1. The number of amides is 2. The molecule has 7 atom stereocenters. The standard InChI is InChI=1S/C32H50N2O5S/c1-6-9-10-14-20-39-30(38)26-25-28(36)34(24(21-35)22(4)8-3)27(32(25)18-17-31(26,5)40-32)29(37)33(19-7-2)23-15-12-11-13-16-23/h6-7,22-27,35H,1-2,8-21H2,3-5H3/t22-,24-,25-,26+,27?,31-,32?/m0/s1. The third-order valence-electron chi connectivity index (χ3n) is 10.2. The van der Waals surface area contributed by atoms with Crippen LogP contribution in [0, 0.1) is 17.8 Å². The van der Waals surface area contributed by atoms with Gasteiger partial charge in [-0.15, -0.1) is 24.9 Å². The molecule has 224 valence electrons. The summed E-state index contributed by atoms with van der Waals surface area (Å²) in [6, 6.07) is -1.07. The summed E-state index contributed by atoms with van der Waals surface area (Å²) in [5.74, 6) is -1.74. The van der Waals surface area contributed by atoms with E-state index < -0.39 is 33.4 Å². The molecule has 0 aromatic carbocycles. The number of carbonyl (C=O) groups excluding carboxylic acids is 3. The van der Waals surface area contributed by atoms with Crippen molar-refractivity contribution in [1.29, 1.82) is 0 Å². The molecule has 3 heterocycles. The Morgan fingerprint density at radius 3 is 2.55 bits per heavy atom. The number of fused-ring (bicyclic) bond motifs is 1. The molecule has 2 unspecified atom stereocenters. The summed E-state index contributed by atoms with van der Waals surface area (Å²) in [6.07, 6.45) is 13.7. The van der Waals surface area contributed by atoms with Crippen LogP contribution in [0.15, 0.2) is 25.3 Å². The first-order chi connectivity index (χ1) is 19.2. The third kappa shape index (κ3) is 5.39. The Morgan fingerprint density at radius 1 is 1.20 bits per heavy atom. The Bertz CT molecular complexity index is 967. The zero-order valence-corrected chi connectivity index (χ0v) is 25.6. The fourth-order valence-electron chi connectivity index (χ4n) is 7.93. The van der Waals surface area contributed by atoms with E-state index in [1.165, 1.54) is 6.42 Å². The van der Waals surface area contributed by atoms with E-state index in [9.17, 15) is 19.5 Å². The van der Waals surface area contributed by atoms with Crippen LogP contribution in [0.2, 0.25) is 0 Å². The van der Waals surface area contributed by atoms with E-state index in [4.69, 9.17) is 4.74 Å². The number of aliphatic hydroxyl groups is 1. The average molecular weight is 575 g/mol. The van der Waals surface area contributed by atoms with E-state index in [0.29, 0.717) is 19.6 Å². The van der Waals surface area contributed by atoms with Crippen LogP contribution in [-0.2, 0) is 19.1 Å². The van der Waals surface area contributed by atoms with Crippen molar-refractivity contribution in [2.24, 2.45) is 17.8 Å². The fraction of sp³-hybridized carbons (Fsp3) is 0.781. The van der Waals surface area contributed by atoms with Gasteiger partial charge in [-0.2, -0.15) is 0 Å². The Labute approximate surface area is 245 Å². The van der Waals surface area contributed by atoms with Gasteiger partial charge < -0.3 is 19.6 Å². The second-order valence-corrected chi connectivity index (χ2v) is 14.5. The number of hydrogen-bond donors (Lipinski definition) is 1. The molecule has 3 saturated heterocycles. The Morgan fingerprint density at radius 2 is 1.93 bits per heavy atom. The van der Waals surface area contributed by atoms with Crippen molar-refractivity contribution in [3.05, 3.63) is 25.3 Å². The average Bonchev–Trinajstić information content (AvgIpc) is 3.52. The van der Waals surface area contributed by atoms with Crippen molar-refractivity contribution in [2.75, 3.05) is 19.8 Å². The molecule has 4 fully saturated rings. The van der Waals surface area contributed by atoms with Crippen molar-refractivity contribution in [3.8, 4) is 0 Å². The van der Waals surface area contributed by atoms with Gasteiger partial charge in [-0.3, -0.25) is 14.4 Å². The molecule has 4 aliphatic rings. The van der Waals surface area contributed by atoms with Gasteiger partial charge >= 0.3 is 5.97 Å². The number of nitrogens with zero attached hydrogens (tertiary/aromatic N) is 2. The maximum Gasteiger partial charge on any atom is 0.311 e. The van der Waals surface area contributed by atoms with Gasteiger partial charge in [0.05, 0.1) is 35.8 Å². The number of ether oxygens (including phenoxy) is 1. The van der Waals surface area contributed by atoms with Crippen LogP contribution in [0.4, 0.5) is 0 Å². The molecule has 1 spiro atoms. The first-order valence-corrected chi connectivity index (χ1v) is 16.3. The largest absolute Gasteiger partial charge is 0.465 e. The normalized spacial score (nSPS) is 33.0. The number of allylic oxidation sites excluding steroid dienone is 1. The lowest BCUT2D eigenvalue weighted by atomic mass is 9.66. The quantitative estimate of drug-likeness (QED) is 0.176. The summed E-state index contributed by atoms with van der Waals surface area (Å²) in [7, 11) is 0. The van der Waals surface area contributed by atoms with Gasteiger partial charge in [0.1, 0.15) is 6.04 Å². The number of rotatable bonds is 14. The van der Waals surface area contributed by atoms with Gasteiger partial charge in [0.15, 0.2) is 0 Å². The first-order valence-electron chi connectivity index (χ1n) is 15.5. The van der Waals surface area contributed by atoms with Crippen molar-refractivity contribution < 1.29 is 24.2 Å². The summed E-state index contributed by atoms with van der Waals surface area (Å²) in [6.45, 7) is 14.4. The van der Waals surface area contributed by atoms with Crippen LogP contribution >= 0.6 is 11.8 Å². The summed E-state index contributed by atoms with van der Waals surface area (Å²) >= 11 is 1.68. The van der Waals surface area contributed by atoms with Crippen molar-refractivity contribution in [2.45, 2.75) is 119 Å². The zero-order valence-electron chi connectivity index (χ0n) is 24.8. The summed E-state index contributed by atoms with van der Waals surface area (Å²) < 4.78 is 4.64. The minimum atomic E-state index is -0.713. The zero-order chi connectivity index (χ0) is 29.1. The first kappa shape index (κ1) is 31.1. The highest BCUT2D eigenvalue weighted by Crippen LogP contribution is 2.72. The number of unbranched alkanes of at least 4 members (excludes halogenated alkanes) is 2. The Hall–Kier alpha value is -1.80. The lowest BCUT2D eigenvalue weighted by molar-refractivity contribution is -0.156. The lowest BCUT2D eigenvalue weighted by Crippen LogP contribution is -2.60. The van der Waals surface area contributed by atoms with Crippen LogP contribution in [0.3, 0.4) is 0 Å². The molecule has 8 heteroatoms. The highest BCUT2D eigenvalue weighted by Gasteiger charge is 2.78. The van der Waals surface area contributed by atoms with Crippen LogP contribution in [0.5, 0.6) is 0 Å². The number of aliphatic hydroxyl groups excluding tert-OH is 1. The van der Waals surface area contributed by atoms with E-state index in [-0.39, 0.29) is 36.4 Å². The monoisotopic (exact) mass is 574 g/mol. The molecule has 2 amide bonds. The van der Waals surface area contributed by atoms with Gasteiger partial charge in [0, 0.05) is 17.3 Å². The molecule has 1 aliphatic carbocycles. The minimum absolute atomic E-state index is 0.00931. The lowest BCUT2D eigenvalue weighted by Gasteiger charge is -2.43. The van der Waals surface area contributed by atoms with Gasteiger partial charge in [-0.05, 0) is 57.8 Å². The maximum absolute atomic E-state index is 14.8. The molecule has 0 aromatic rings. The van der Waals surface area contributed by atoms with Crippen LogP contribution in [0.25, 0.3) is 0 Å². The van der Waals surface area contributed by atoms with Crippen molar-refractivity contribution >= 4 is 29.5 Å². The number of likely N-dealkylation sites (tertiary alicyclic amines) is 1. The highest BCUT2D eigenvalue weighted by atomic mass is 32.2. The maximum atomic E-state index is 14.8. The molecule has 40 heavy (non-hydrogen) atoms. The van der Waals surface area contributed by atoms with Crippen molar-refractivity contribution in [3.63, 3.8) is 0 Å². The third-order valence-corrected chi connectivity index (χ3v) is 12.2. The Balaban J connectivity index is 1.72. The molecule has 4 rings (SSSR count). The molecule has 2 bridgehead atoms. The van der Waals surface area contributed by atoms with E-state index >= 15 is 0 Å². The molecule has 1 saturated carbocycles. The Kier molecular flexibility index (Phi) is 10.1. The molecule has 0 aromatic heterocycles. The smallest absolute Gasteiger partial charge is 0.311 e. The predicted octanol–water partition coefficient (Wildman–Crippen LogP) is 5.12. The molecule has 1 N–H and O–H groups in total. The molecule has 3 aliphatic heterocycles. The molecule has 7 nitrogen and oxygen atoms in total. The fourth-order valence-corrected chi connectivity index (χ4v) is 10.3. The predicted molar refractivity (Wildman–Crippen MR) is 160 cm³/mol. The van der Waals surface area contributed by atoms with E-state index in [1.54, 1.807) is 22.7 Å². The summed E-state index contributed by atoms with van der Waals surface area (Å²) in [5, 5.41) is 10.6. The van der Waals surface area contributed by atoms with Gasteiger partial charge in [0.25, 0.3) is 0 Å². The van der Waals surface area contributed by atoms with Crippen LogP contribution in [0.1, 0.15) is 91.4 Å². The topological polar surface area (TPSA) is 87.1 Å².